The van der Waals surface area contributed by atoms with Gasteiger partial charge in [-0.25, -0.2) is 15.0 Å². The van der Waals surface area contributed by atoms with E-state index in [4.69, 9.17) is 9.47 Å². The highest BCUT2D eigenvalue weighted by Gasteiger charge is 2.24. The lowest BCUT2D eigenvalue weighted by Crippen LogP contribution is -2.55. The first-order chi connectivity index (χ1) is 17.6. The monoisotopic (exact) mass is 511 g/mol. The topological polar surface area (TPSA) is 81.6 Å². The number of aliphatic hydroxyl groups excluding tert-OH is 1. The molecule has 0 radical (unpaired) electrons. The van der Waals surface area contributed by atoms with Crippen molar-refractivity contribution in [3.8, 4) is 5.75 Å². The van der Waals surface area contributed by atoms with Crippen LogP contribution in [0.4, 0.5) is 11.4 Å². The Morgan fingerprint density at radius 3 is 2.58 bits per heavy atom. The first-order valence-corrected chi connectivity index (χ1v) is 13.2. The van der Waals surface area contributed by atoms with Crippen LogP contribution in [0.15, 0.2) is 42.5 Å². The van der Waals surface area contributed by atoms with Crippen molar-refractivity contribution in [3.63, 3.8) is 0 Å². The summed E-state index contributed by atoms with van der Waals surface area (Å²) in [6, 6.07) is 14.0. The van der Waals surface area contributed by atoms with Crippen LogP contribution in [0.2, 0.25) is 0 Å². The first kappa shape index (κ1) is 24.9. The zero-order valence-electron chi connectivity index (χ0n) is 20.6. The standard InChI is InChI=1S/C26H33N5O4S/c1-20-27-25-16-24(6-7-26(25)36-20)35-18-23(33)17-28-8-10-30(11-9-28)31(19-32)22-4-2-21(3-5-22)29-12-14-34-15-13-29/h2-7,16,19,23,33H,8-15,17-18H2,1H3/t23-/m1/s1. The molecule has 3 aromatic rings. The van der Waals surface area contributed by atoms with Crippen molar-refractivity contribution < 1.29 is 19.4 Å². The fourth-order valence-electron chi connectivity index (χ4n) is 4.72. The van der Waals surface area contributed by atoms with Gasteiger partial charge < -0.3 is 19.5 Å². The number of rotatable bonds is 9. The lowest BCUT2D eigenvalue weighted by Gasteiger charge is -2.40. The molecule has 0 saturated carbocycles. The number of nitrogens with zero attached hydrogens (tertiary/aromatic N) is 5. The molecule has 1 amide bonds. The number of aromatic nitrogens is 1. The van der Waals surface area contributed by atoms with E-state index < -0.39 is 6.10 Å². The van der Waals surface area contributed by atoms with Crippen LogP contribution < -0.4 is 14.6 Å². The normalized spacial score (nSPS) is 18.3. The Morgan fingerprint density at radius 2 is 1.86 bits per heavy atom. The predicted octanol–water partition coefficient (Wildman–Crippen LogP) is 2.38. The smallest absolute Gasteiger partial charge is 0.228 e. The Labute approximate surface area is 215 Å². The second-order valence-corrected chi connectivity index (χ2v) is 10.4. The lowest BCUT2D eigenvalue weighted by molar-refractivity contribution is -0.110. The molecule has 192 valence electrons. The number of aliphatic hydroxyl groups is 1. The Hall–Kier alpha value is -2.76. The Balaban J connectivity index is 1.09. The van der Waals surface area contributed by atoms with Gasteiger partial charge in [0.2, 0.25) is 6.41 Å². The van der Waals surface area contributed by atoms with Gasteiger partial charge in [-0.1, -0.05) is 0 Å². The van der Waals surface area contributed by atoms with Crippen LogP contribution in [0.25, 0.3) is 10.2 Å². The SMILES string of the molecule is Cc1nc2cc(OC[C@H](O)CN3CCN(N(C=O)c4ccc(N5CCOCC5)cc4)CC3)ccc2s1. The molecule has 0 aliphatic carbocycles. The second kappa shape index (κ2) is 11.5. The molecule has 2 aliphatic rings. The highest BCUT2D eigenvalue weighted by molar-refractivity contribution is 7.18. The first-order valence-electron chi connectivity index (χ1n) is 12.4. The van der Waals surface area contributed by atoms with Crippen LogP contribution in [0.1, 0.15) is 5.01 Å². The number of carbonyl (C=O) groups is 1. The number of benzene rings is 2. The number of thiazole rings is 1. The number of hydrogen-bond acceptors (Lipinski definition) is 9. The maximum Gasteiger partial charge on any atom is 0.228 e. The van der Waals surface area contributed by atoms with Crippen LogP contribution in [0, 0.1) is 6.92 Å². The summed E-state index contributed by atoms with van der Waals surface area (Å²) in [5.41, 5.74) is 2.93. The molecule has 3 heterocycles. The molecule has 5 rings (SSSR count). The predicted molar refractivity (Wildman–Crippen MR) is 142 cm³/mol. The molecule has 0 unspecified atom stereocenters. The van der Waals surface area contributed by atoms with E-state index in [0.717, 1.165) is 78.2 Å². The zero-order valence-corrected chi connectivity index (χ0v) is 21.4. The lowest BCUT2D eigenvalue weighted by atomic mass is 10.2. The van der Waals surface area contributed by atoms with Crippen molar-refractivity contribution in [2.75, 3.05) is 75.5 Å². The number of piperazine rings is 1. The van der Waals surface area contributed by atoms with E-state index >= 15 is 0 Å². The number of amides is 1. The zero-order chi connectivity index (χ0) is 24.9. The molecule has 1 N–H and O–H groups in total. The van der Waals surface area contributed by atoms with Gasteiger partial charge in [-0.15, -0.1) is 11.3 Å². The van der Waals surface area contributed by atoms with Crippen molar-refractivity contribution in [2.24, 2.45) is 0 Å². The van der Waals surface area contributed by atoms with Gasteiger partial charge >= 0.3 is 0 Å². The van der Waals surface area contributed by atoms with Gasteiger partial charge in [-0.3, -0.25) is 9.69 Å². The molecule has 9 nitrogen and oxygen atoms in total. The van der Waals surface area contributed by atoms with E-state index in [9.17, 15) is 9.90 Å². The van der Waals surface area contributed by atoms with Gasteiger partial charge in [-0.05, 0) is 43.3 Å². The number of hydrogen-bond donors (Lipinski definition) is 1. The van der Waals surface area contributed by atoms with Gasteiger partial charge in [-0.2, -0.15) is 0 Å². The van der Waals surface area contributed by atoms with Crippen LogP contribution in [-0.2, 0) is 9.53 Å². The van der Waals surface area contributed by atoms with E-state index in [0.29, 0.717) is 19.6 Å². The minimum Gasteiger partial charge on any atom is -0.491 e. The maximum atomic E-state index is 11.9. The molecule has 0 spiro atoms. The molecular formula is C26H33N5O4S. The number of hydrazine groups is 1. The Bertz CT molecular complexity index is 1140. The van der Waals surface area contributed by atoms with Gasteiger partial charge in [0.05, 0.1) is 34.1 Å². The minimum atomic E-state index is -0.598. The van der Waals surface area contributed by atoms with Crippen molar-refractivity contribution in [1.29, 1.82) is 0 Å². The summed E-state index contributed by atoms with van der Waals surface area (Å²) in [6.07, 6.45) is 0.280. The quantitative estimate of drug-likeness (QED) is 0.439. The number of carbonyl (C=O) groups excluding carboxylic acids is 1. The van der Waals surface area contributed by atoms with Gasteiger partial charge in [0, 0.05) is 57.6 Å². The van der Waals surface area contributed by atoms with Gasteiger partial charge in [0.1, 0.15) is 18.5 Å². The highest BCUT2D eigenvalue weighted by Crippen LogP contribution is 2.26. The summed E-state index contributed by atoms with van der Waals surface area (Å²) >= 11 is 1.66. The molecule has 0 bridgehead atoms. The largest absolute Gasteiger partial charge is 0.491 e. The number of anilines is 2. The molecule has 36 heavy (non-hydrogen) atoms. The van der Waals surface area contributed by atoms with Gasteiger partial charge in [0.15, 0.2) is 0 Å². The molecule has 1 aromatic heterocycles. The number of ether oxygens (including phenoxy) is 2. The number of β-amino-alcohol motifs (C(OH)–C–C–N with tert-alkyl or cyclic N) is 1. The number of morpholine rings is 1. The molecule has 2 aromatic carbocycles. The Kier molecular flexibility index (Phi) is 7.98. The molecule has 1 atom stereocenters. The second-order valence-electron chi connectivity index (χ2n) is 9.15. The van der Waals surface area contributed by atoms with Crippen molar-refractivity contribution in [2.45, 2.75) is 13.0 Å². The summed E-state index contributed by atoms with van der Waals surface area (Å²) in [5, 5.41) is 15.3. The van der Waals surface area contributed by atoms with E-state index in [1.165, 1.54) is 0 Å². The highest BCUT2D eigenvalue weighted by atomic mass is 32.1. The fraction of sp³-hybridized carbons (Fsp3) is 0.462. The third kappa shape index (κ3) is 5.96. The van der Waals surface area contributed by atoms with Crippen molar-refractivity contribution in [3.05, 3.63) is 47.5 Å². The van der Waals surface area contributed by atoms with Crippen molar-refractivity contribution >= 4 is 39.3 Å². The van der Waals surface area contributed by atoms with Gasteiger partial charge in [0.25, 0.3) is 0 Å². The van der Waals surface area contributed by atoms with Crippen LogP contribution >= 0.6 is 11.3 Å². The number of fused-ring (bicyclic) bond motifs is 1. The third-order valence-electron chi connectivity index (χ3n) is 6.62. The average molecular weight is 512 g/mol. The maximum absolute atomic E-state index is 11.9. The summed E-state index contributed by atoms with van der Waals surface area (Å²) in [7, 11) is 0. The van der Waals surface area contributed by atoms with E-state index in [-0.39, 0.29) is 6.61 Å². The van der Waals surface area contributed by atoms with Crippen LogP contribution in [0.5, 0.6) is 5.75 Å². The van der Waals surface area contributed by atoms with E-state index in [1.807, 2.05) is 37.3 Å². The summed E-state index contributed by atoms with van der Waals surface area (Å²) in [6.45, 7) is 8.94. The summed E-state index contributed by atoms with van der Waals surface area (Å²) < 4.78 is 12.4. The fourth-order valence-corrected chi connectivity index (χ4v) is 5.53. The van der Waals surface area contributed by atoms with E-state index in [1.54, 1.807) is 16.3 Å². The summed E-state index contributed by atoms with van der Waals surface area (Å²) in [4.78, 5) is 20.9. The minimum absolute atomic E-state index is 0.227. The van der Waals surface area contributed by atoms with Crippen molar-refractivity contribution in [1.82, 2.24) is 14.9 Å². The molecule has 2 aliphatic heterocycles. The average Bonchev–Trinajstić information content (AvgIpc) is 3.29. The number of aryl methyl sites for hydroxylation is 1. The molecule has 2 fully saturated rings. The third-order valence-corrected chi connectivity index (χ3v) is 7.57. The Morgan fingerprint density at radius 1 is 1.11 bits per heavy atom. The van der Waals surface area contributed by atoms with Crippen LogP contribution in [-0.4, -0.2) is 98.1 Å². The molecule has 10 heteroatoms. The summed E-state index contributed by atoms with van der Waals surface area (Å²) in [5.74, 6) is 0.720. The molecule has 2 saturated heterocycles. The van der Waals surface area contributed by atoms with E-state index in [2.05, 4.69) is 31.9 Å². The van der Waals surface area contributed by atoms with Crippen LogP contribution in [0.3, 0.4) is 0 Å². The molecular weight excluding hydrogens is 478 g/mol.